The molecule has 0 aliphatic rings. The van der Waals surface area contributed by atoms with E-state index in [0.29, 0.717) is 32.4 Å². The van der Waals surface area contributed by atoms with E-state index in [1.165, 1.54) is 0 Å². The third-order valence-electron chi connectivity index (χ3n) is 3.72. The van der Waals surface area contributed by atoms with Crippen LogP contribution in [-0.2, 0) is 14.3 Å². The standard InChI is InChI=1S/C20H38N2O3/c1-17(2,3)25-20(8,9)15-24-19(6,7)12-13-22-16(23)10-11-18(4,5)14-21/h10-13,15H2,1-9H3,(H,22,23). The minimum absolute atomic E-state index is 0.0180. The van der Waals surface area contributed by atoms with E-state index < -0.39 is 5.41 Å². The lowest BCUT2D eigenvalue weighted by Crippen LogP contribution is -2.42. The van der Waals surface area contributed by atoms with Gasteiger partial charge in [-0.1, -0.05) is 0 Å². The van der Waals surface area contributed by atoms with Crippen molar-refractivity contribution < 1.29 is 14.3 Å². The maximum Gasteiger partial charge on any atom is 0.220 e. The van der Waals surface area contributed by atoms with E-state index in [1.807, 2.05) is 62.3 Å². The van der Waals surface area contributed by atoms with Crippen LogP contribution in [0.3, 0.4) is 0 Å². The molecule has 0 aliphatic carbocycles. The molecule has 5 nitrogen and oxygen atoms in total. The zero-order chi connectivity index (χ0) is 19.9. The normalized spacial score (nSPS) is 13.4. The second-order valence-electron chi connectivity index (χ2n) is 9.62. The van der Waals surface area contributed by atoms with Gasteiger partial charge in [-0.2, -0.15) is 5.26 Å². The number of carbonyl (C=O) groups excluding carboxylic acids is 1. The first kappa shape index (κ1) is 23.9. The molecular weight excluding hydrogens is 316 g/mol. The van der Waals surface area contributed by atoms with Crippen molar-refractivity contribution in [2.45, 2.75) is 98.4 Å². The van der Waals surface area contributed by atoms with Crippen LogP contribution >= 0.6 is 0 Å². The predicted molar refractivity (Wildman–Crippen MR) is 101 cm³/mol. The van der Waals surface area contributed by atoms with Crippen LogP contribution in [0.15, 0.2) is 0 Å². The monoisotopic (exact) mass is 354 g/mol. The summed E-state index contributed by atoms with van der Waals surface area (Å²) in [6.07, 6.45) is 1.65. The molecule has 1 N–H and O–H groups in total. The smallest absolute Gasteiger partial charge is 0.220 e. The van der Waals surface area contributed by atoms with Crippen molar-refractivity contribution in [3.63, 3.8) is 0 Å². The van der Waals surface area contributed by atoms with Crippen LogP contribution in [0.25, 0.3) is 0 Å². The molecule has 0 spiro atoms. The van der Waals surface area contributed by atoms with E-state index in [1.54, 1.807) is 0 Å². The lowest BCUT2D eigenvalue weighted by atomic mass is 9.90. The third kappa shape index (κ3) is 12.8. The number of carbonyl (C=O) groups is 1. The molecule has 0 saturated carbocycles. The summed E-state index contributed by atoms with van der Waals surface area (Å²) in [7, 11) is 0. The highest BCUT2D eigenvalue weighted by Gasteiger charge is 2.29. The number of hydrogen-bond acceptors (Lipinski definition) is 4. The average Bonchev–Trinajstić information content (AvgIpc) is 2.41. The van der Waals surface area contributed by atoms with Gasteiger partial charge in [0.05, 0.1) is 34.9 Å². The number of amides is 1. The summed E-state index contributed by atoms with van der Waals surface area (Å²) in [5.74, 6) is -0.0180. The molecular formula is C20H38N2O3. The topological polar surface area (TPSA) is 71.4 Å². The van der Waals surface area contributed by atoms with Gasteiger partial charge in [-0.05, 0) is 75.2 Å². The quantitative estimate of drug-likeness (QED) is 0.638. The number of nitrogens with one attached hydrogen (secondary N) is 1. The van der Waals surface area contributed by atoms with Gasteiger partial charge < -0.3 is 14.8 Å². The summed E-state index contributed by atoms with van der Waals surface area (Å²) in [6.45, 7) is 18.9. The molecule has 0 bridgehead atoms. The Balaban J connectivity index is 4.20. The molecule has 0 aromatic rings. The summed E-state index contributed by atoms with van der Waals surface area (Å²) < 4.78 is 12.1. The van der Waals surface area contributed by atoms with E-state index in [-0.39, 0.29) is 22.7 Å². The molecule has 0 aromatic carbocycles. The van der Waals surface area contributed by atoms with Gasteiger partial charge in [-0.15, -0.1) is 0 Å². The Hall–Kier alpha value is -1.12. The number of hydrogen-bond donors (Lipinski definition) is 1. The Morgan fingerprint density at radius 2 is 1.52 bits per heavy atom. The summed E-state index contributed by atoms with van der Waals surface area (Å²) in [5, 5.41) is 11.9. The van der Waals surface area contributed by atoms with E-state index in [4.69, 9.17) is 14.7 Å². The first-order chi connectivity index (χ1) is 11.1. The van der Waals surface area contributed by atoms with Gasteiger partial charge in [-0.3, -0.25) is 4.79 Å². The van der Waals surface area contributed by atoms with Gasteiger partial charge in [0.25, 0.3) is 0 Å². The summed E-state index contributed by atoms with van der Waals surface area (Å²) in [4.78, 5) is 11.9. The van der Waals surface area contributed by atoms with Gasteiger partial charge in [0, 0.05) is 13.0 Å². The summed E-state index contributed by atoms with van der Waals surface area (Å²) >= 11 is 0. The van der Waals surface area contributed by atoms with Crippen LogP contribution in [0.1, 0.15) is 81.6 Å². The number of nitrogens with zero attached hydrogens (tertiary/aromatic N) is 1. The average molecular weight is 355 g/mol. The fraction of sp³-hybridized carbons (Fsp3) is 0.900. The van der Waals surface area contributed by atoms with Crippen molar-refractivity contribution in [1.29, 1.82) is 5.26 Å². The fourth-order valence-electron chi connectivity index (χ4n) is 2.37. The predicted octanol–water partition coefficient (Wildman–Crippen LogP) is 4.21. The van der Waals surface area contributed by atoms with Crippen molar-refractivity contribution in [2.75, 3.05) is 13.2 Å². The zero-order valence-electron chi connectivity index (χ0n) is 17.7. The maximum atomic E-state index is 11.9. The van der Waals surface area contributed by atoms with Crippen LogP contribution in [0, 0.1) is 16.7 Å². The Morgan fingerprint density at radius 3 is 2.00 bits per heavy atom. The molecule has 0 aliphatic heterocycles. The fourth-order valence-corrected chi connectivity index (χ4v) is 2.37. The van der Waals surface area contributed by atoms with Crippen LogP contribution in [-0.4, -0.2) is 35.9 Å². The van der Waals surface area contributed by atoms with Gasteiger partial charge >= 0.3 is 0 Å². The zero-order valence-corrected chi connectivity index (χ0v) is 17.7. The number of ether oxygens (including phenoxy) is 2. The Morgan fingerprint density at radius 1 is 0.960 bits per heavy atom. The first-order valence-corrected chi connectivity index (χ1v) is 9.10. The van der Waals surface area contributed by atoms with Gasteiger partial charge in [-0.25, -0.2) is 0 Å². The Kier molecular flexibility index (Phi) is 8.60. The van der Waals surface area contributed by atoms with E-state index in [0.717, 1.165) is 0 Å². The van der Waals surface area contributed by atoms with Gasteiger partial charge in [0.2, 0.25) is 5.91 Å². The SMILES string of the molecule is CC(C)(C#N)CCC(=O)NCCC(C)(C)OCC(C)(C)OC(C)(C)C. The second kappa shape index (κ2) is 9.00. The van der Waals surface area contributed by atoms with Crippen LogP contribution in [0.4, 0.5) is 0 Å². The molecule has 25 heavy (non-hydrogen) atoms. The second-order valence-corrected chi connectivity index (χ2v) is 9.62. The minimum Gasteiger partial charge on any atom is -0.373 e. The van der Waals surface area contributed by atoms with E-state index in [9.17, 15) is 4.79 Å². The van der Waals surface area contributed by atoms with E-state index >= 15 is 0 Å². The lowest BCUT2D eigenvalue weighted by molar-refractivity contribution is -0.167. The van der Waals surface area contributed by atoms with Crippen molar-refractivity contribution in [3.05, 3.63) is 0 Å². The number of nitriles is 1. The van der Waals surface area contributed by atoms with Gasteiger partial charge in [0.15, 0.2) is 0 Å². The molecule has 0 saturated heterocycles. The highest BCUT2D eigenvalue weighted by atomic mass is 16.6. The van der Waals surface area contributed by atoms with Gasteiger partial charge in [0.1, 0.15) is 0 Å². The van der Waals surface area contributed by atoms with Crippen molar-refractivity contribution in [2.24, 2.45) is 5.41 Å². The van der Waals surface area contributed by atoms with Crippen LogP contribution in [0.5, 0.6) is 0 Å². The maximum absolute atomic E-state index is 11.9. The van der Waals surface area contributed by atoms with Crippen LogP contribution in [0.2, 0.25) is 0 Å². The molecule has 0 rings (SSSR count). The van der Waals surface area contributed by atoms with E-state index in [2.05, 4.69) is 11.4 Å². The molecule has 146 valence electrons. The Labute approximate surface area is 154 Å². The van der Waals surface area contributed by atoms with Crippen LogP contribution < -0.4 is 5.32 Å². The van der Waals surface area contributed by atoms with Crippen molar-refractivity contribution in [1.82, 2.24) is 5.32 Å². The molecule has 0 atom stereocenters. The largest absolute Gasteiger partial charge is 0.373 e. The molecule has 0 heterocycles. The molecule has 1 amide bonds. The summed E-state index contributed by atoms with van der Waals surface area (Å²) in [6, 6.07) is 2.21. The van der Waals surface area contributed by atoms with Crippen molar-refractivity contribution in [3.8, 4) is 6.07 Å². The highest BCUT2D eigenvalue weighted by Crippen LogP contribution is 2.24. The molecule has 0 unspecified atom stereocenters. The minimum atomic E-state index is -0.460. The highest BCUT2D eigenvalue weighted by molar-refractivity contribution is 5.75. The molecule has 0 radical (unpaired) electrons. The molecule has 0 fully saturated rings. The molecule has 5 heteroatoms. The number of rotatable bonds is 10. The Bertz CT molecular complexity index is 468. The first-order valence-electron chi connectivity index (χ1n) is 9.10. The van der Waals surface area contributed by atoms with Crippen molar-refractivity contribution >= 4 is 5.91 Å². The molecule has 0 aromatic heterocycles. The third-order valence-corrected chi connectivity index (χ3v) is 3.72. The summed E-state index contributed by atoms with van der Waals surface area (Å²) in [5.41, 5.74) is -1.40. The lowest BCUT2D eigenvalue weighted by Gasteiger charge is -2.36.